The van der Waals surface area contributed by atoms with E-state index >= 15 is 0 Å². The summed E-state index contributed by atoms with van der Waals surface area (Å²) in [6, 6.07) is 18.1. The third kappa shape index (κ3) is 3.30. The summed E-state index contributed by atoms with van der Waals surface area (Å²) in [7, 11) is 0. The van der Waals surface area contributed by atoms with Crippen LogP contribution >= 0.6 is 11.3 Å². The number of thiophene rings is 1. The molecular formula is C24H22N2O4S. The third-order valence-corrected chi connectivity index (χ3v) is 7.14. The maximum absolute atomic E-state index is 13.0. The lowest BCUT2D eigenvalue weighted by atomic mass is 9.97. The van der Waals surface area contributed by atoms with Gasteiger partial charge in [0, 0.05) is 9.75 Å². The molecule has 5 rings (SSSR count). The second kappa shape index (κ2) is 7.83. The van der Waals surface area contributed by atoms with E-state index in [1.807, 2.05) is 48.5 Å². The quantitative estimate of drug-likeness (QED) is 0.591. The van der Waals surface area contributed by atoms with Crippen molar-refractivity contribution in [2.45, 2.75) is 32.0 Å². The maximum Gasteiger partial charge on any atom is 0.345 e. The van der Waals surface area contributed by atoms with Gasteiger partial charge in [-0.2, -0.15) is 5.06 Å². The smallest absolute Gasteiger partial charge is 0.345 e. The molecule has 158 valence electrons. The van der Waals surface area contributed by atoms with Gasteiger partial charge in [-0.05, 0) is 34.7 Å². The zero-order chi connectivity index (χ0) is 21.5. The van der Waals surface area contributed by atoms with E-state index in [0.717, 1.165) is 28.0 Å². The molecular weight excluding hydrogens is 412 g/mol. The first-order valence-corrected chi connectivity index (χ1v) is 11.1. The second-order valence-corrected chi connectivity index (χ2v) is 8.80. The second-order valence-electron chi connectivity index (χ2n) is 7.72. The van der Waals surface area contributed by atoms with Crippen molar-refractivity contribution in [1.82, 2.24) is 9.96 Å². The van der Waals surface area contributed by atoms with Crippen LogP contribution < -0.4 is 0 Å². The average Bonchev–Trinajstić information content (AvgIpc) is 3.34. The van der Waals surface area contributed by atoms with Crippen LogP contribution in [0.25, 0.3) is 10.4 Å². The van der Waals surface area contributed by atoms with Crippen molar-refractivity contribution in [3.63, 3.8) is 0 Å². The van der Waals surface area contributed by atoms with Crippen molar-refractivity contribution in [3.8, 4) is 10.4 Å². The number of aliphatic carboxylic acids is 1. The molecule has 6 nitrogen and oxygen atoms in total. The number of rotatable bonds is 6. The number of hydroxylamine groups is 2. The van der Waals surface area contributed by atoms with E-state index in [1.54, 1.807) is 0 Å². The summed E-state index contributed by atoms with van der Waals surface area (Å²) in [5.74, 6) is -1.02. The van der Waals surface area contributed by atoms with E-state index in [1.165, 1.54) is 26.9 Å². The van der Waals surface area contributed by atoms with Crippen molar-refractivity contribution in [2.24, 2.45) is 0 Å². The molecule has 2 aromatic carbocycles. The Morgan fingerprint density at radius 2 is 1.90 bits per heavy atom. The molecule has 7 heteroatoms. The number of carboxylic acids is 1. The largest absolute Gasteiger partial charge is 0.479 e. The maximum atomic E-state index is 13.0. The fourth-order valence-corrected chi connectivity index (χ4v) is 5.77. The molecule has 3 heterocycles. The van der Waals surface area contributed by atoms with Gasteiger partial charge in [-0.3, -0.25) is 4.84 Å². The average molecular weight is 435 g/mol. The highest BCUT2D eigenvalue weighted by atomic mass is 32.1. The summed E-state index contributed by atoms with van der Waals surface area (Å²) < 4.78 is 0. The number of carbonyl (C=O) groups excluding carboxylic acids is 1. The summed E-state index contributed by atoms with van der Waals surface area (Å²) in [6.07, 6.45) is 0.890. The molecule has 31 heavy (non-hydrogen) atoms. The Hall–Kier alpha value is -3.16. The van der Waals surface area contributed by atoms with E-state index in [4.69, 9.17) is 4.84 Å². The number of amides is 2. The highest BCUT2D eigenvalue weighted by Gasteiger charge is 2.52. The molecule has 0 saturated carbocycles. The third-order valence-electron chi connectivity index (χ3n) is 5.91. The molecule has 3 aromatic rings. The predicted molar refractivity (Wildman–Crippen MR) is 117 cm³/mol. The molecule has 0 spiro atoms. The van der Waals surface area contributed by atoms with Crippen LogP contribution in [0.4, 0.5) is 4.79 Å². The van der Waals surface area contributed by atoms with Gasteiger partial charge in [-0.15, -0.1) is 11.3 Å². The molecule has 0 radical (unpaired) electrons. The van der Waals surface area contributed by atoms with Gasteiger partial charge in [0.05, 0.1) is 6.54 Å². The first-order valence-electron chi connectivity index (χ1n) is 10.3. The first-order chi connectivity index (χ1) is 15.1. The number of fused-ring (bicyclic) bond motifs is 4. The van der Waals surface area contributed by atoms with E-state index < -0.39 is 18.0 Å². The zero-order valence-electron chi connectivity index (χ0n) is 17.0. The van der Waals surface area contributed by atoms with E-state index in [-0.39, 0.29) is 12.6 Å². The number of carbonyl (C=O) groups is 2. The molecule has 0 unspecified atom stereocenters. The molecule has 2 bridgehead atoms. The Labute approximate surface area is 184 Å². The van der Waals surface area contributed by atoms with Crippen molar-refractivity contribution in [1.29, 1.82) is 0 Å². The summed E-state index contributed by atoms with van der Waals surface area (Å²) in [5.41, 5.74) is 4.15. The summed E-state index contributed by atoms with van der Waals surface area (Å²) in [4.78, 5) is 34.2. The predicted octanol–water partition coefficient (Wildman–Crippen LogP) is 5.03. The lowest BCUT2D eigenvalue weighted by Crippen LogP contribution is -2.37. The minimum Gasteiger partial charge on any atom is -0.479 e. The van der Waals surface area contributed by atoms with Gasteiger partial charge >= 0.3 is 12.0 Å². The van der Waals surface area contributed by atoms with Gasteiger partial charge < -0.3 is 10.0 Å². The van der Waals surface area contributed by atoms with Crippen LogP contribution in [0.15, 0.2) is 60.7 Å². The molecule has 1 aromatic heterocycles. The van der Waals surface area contributed by atoms with Gasteiger partial charge in [0.25, 0.3) is 0 Å². The summed E-state index contributed by atoms with van der Waals surface area (Å²) >= 11 is 1.46. The molecule has 2 amide bonds. The number of nitrogens with zero attached hydrogens (tertiary/aromatic N) is 2. The van der Waals surface area contributed by atoms with Crippen molar-refractivity contribution < 1.29 is 19.5 Å². The monoisotopic (exact) mass is 434 g/mol. The van der Waals surface area contributed by atoms with Crippen LogP contribution in [0.2, 0.25) is 0 Å². The first kappa shape index (κ1) is 19.8. The van der Waals surface area contributed by atoms with E-state index in [0.29, 0.717) is 11.4 Å². The zero-order valence-corrected chi connectivity index (χ0v) is 17.8. The van der Waals surface area contributed by atoms with Crippen molar-refractivity contribution in [2.75, 3.05) is 6.54 Å². The summed E-state index contributed by atoms with van der Waals surface area (Å²) in [5, 5.41) is 11.3. The fraction of sp³-hybridized carbons (Fsp3) is 0.250. The number of carboxylic acid groups (broad SMARTS) is 1. The van der Waals surface area contributed by atoms with Gasteiger partial charge in [0.2, 0.25) is 0 Å². The highest BCUT2D eigenvalue weighted by molar-refractivity contribution is 7.16. The normalized spacial score (nSPS) is 19.6. The molecule has 2 atom stereocenters. The number of benzene rings is 2. The minimum atomic E-state index is -1.02. The van der Waals surface area contributed by atoms with E-state index in [9.17, 15) is 14.7 Å². The summed E-state index contributed by atoms with van der Waals surface area (Å²) in [6.45, 7) is 2.67. The van der Waals surface area contributed by atoms with Crippen molar-refractivity contribution in [3.05, 3.63) is 82.2 Å². The Bertz CT molecular complexity index is 1140. The van der Waals surface area contributed by atoms with Crippen LogP contribution in [0, 0.1) is 0 Å². The fourth-order valence-electron chi connectivity index (χ4n) is 4.38. The van der Waals surface area contributed by atoms with Gasteiger partial charge in [0.15, 0.2) is 6.04 Å². The molecule has 1 N–H and O–H groups in total. The number of hydrogen-bond donors (Lipinski definition) is 1. The standard InChI is InChI=1S/C24H22N2O4S/c1-2-16-10-6-7-11-17(16)20-12-18-19-13-25(21(23(27)28)22(18)31-20)24(29)26(19)30-14-15-8-4-3-5-9-15/h3-12,19,21H,2,13-14H2,1H3,(H,27,28)/t19-,21+/m1/s1. The Balaban J connectivity index is 1.53. The molecule has 0 aliphatic carbocycles. The van der Waals surface area contributed by atoms with Crippen LogP contribution in [0.1, 0.15) is 40.6 Å². The lowest BCUT2D eigenvalue weighted by Gasteiger charge is -2.27. The molecule has 2 aliphatic heterocycles. The Morgan fingerprint density at radius 3 is 2.65 bits per heavy atom. The van der Waals surface area contributed by atoms with Gasteiger partial charge in [0.1, 0.15) is 12.6 Å². The topological polar surface area (TPSA) is 70.1 Å². The minimum absolute atomic E-state index is 0.250. The Morgan fingerprint density at radius 1 is 1.16 bits per heavy atom. The van der Waals surface area contributed by atoms with Gasteiger partial charge in [-0.1, -0.05) is 61.5 Å². The van der Waals surface area contributed by atoms with Crippen LogP contribution in [-0.4, -0.2) is 33.6 Å². The molecule has 1 fully saturated rings. The number of aryl methyl sites for hydroxylation is 1. The number of hydrogen-bond acceptors (Lipinski definition) is 4. The highest BCUT2D eigenvalue weighted by Crippen LogP contribution is 2.49. The lowest BCUT2D eigenvalue weighted by molar-refractivity contribution is -0.143. The van der Waals surface area contributed by atoms with Crippen LogP contribution in [0.5, 0.6) is 0 Å². The SMILES string of the molecule is CCc1ccccc1-c1cc2c(s1)[C@@H](C(=O)O)N1C[C@H]2N(OCc2ccccc2)C1=O. The van der Waals surface area contributed by atoms with Crippen LogP contribution in [-0.2, 0) is 22.7 Å². The van der Waals surface area contributed by atoms with Gasteiger partial charge in [-0.25, -0.2) is 9.59 Å². The molecule has 2 aliphatic rings. The van der Waals surface area contributed by atoms with Crippen molar-refractivity contribution >= 4 is 23.3 Å². The van der Waals surface area contributed by atoms with Crippen LogP contribution in [0.3, 0.4) is 0 Å². The number of urea groups is 1. The molecule has 1 saturated heterocycles. The Kier molecular flexibility index (Phi) is 5.00. The van der Waals surface area contributed by atoms with E-state index in [2.05, 4.69) is 19.1 Å².